The second kappa shape index (κ2) is 8.86. The normalized spacial score (nSPS) is 20.5. The van der Waals surface area contributed by atoms with Gasteiger partial charge in [0.2, 0.25) is 5.91 Å². The summed E-state index contributed by atoms with van der Waals surface area (Å²) in [5.74, 6) is 0.596. The summed E-state index contributed by atoms with van der Waals surface area (Å²) in [5.41, 5.74) is 1.12. The van der Waals surface area contributed by atoms with Gasteiger partial charge in [-0.05, 0) is 69.4 Å². The molecule has 4 nitrogen and oxygen atoms in total. The van der Waals surface area contributed by atoms with E-state index in [9.17, 15) is 9.59 Å². The summed E-state index contributed by atoms with van der Waals surface area (Å²) in [6, 6.07) is 8.61. The zero-order chi connectivity index (χ0) is 20.4. The van der Waals surface area contributed by atoms with Crippen LogP contribution in [0.5, 0.6) is 0 Å². The van der Waals surface area contributed by atoms with Gasteiger partial charge in [0.25, 0.3) is 5.91 Å². The minimum atomic E-state index is 0.0145. The van der Waals surface area contributed by atoms with E-state index < -0.39 is 0 Å². The maximum absolute atomic E-state index is 13.2. The molecule has 2 amide bonds. The van der Waals surface area contributed by atoms with Crippen molar-refractivity contribution in [3.63, 3.8) is 0 Å². The molecule has 29 heavy (non-hydrogen) atoms. The highest BCUT2D eigenvalue weighted by atomic mass is 32.1. The third-order valence-electron chi connectivity index (χ3n) is 6.38. The fourth-order valence-corrected chi connectivity index (χ4v) is 6.09. The van der Waals surface area contributed by atoms with Gasteiger partial charge in [-0.25, -0.2) is 0 Å². The van der Waals surface area contributed by atoms with Crippen LogP contribution in [0.1, 0.15) is 74.0 Å². The van der Waals surface area contributed by atoms with Crippen molar-refractivity contribution in [1.82, 2.24) is 10.2 Å². The lowest BCUT2D eigenvalue weighted by Gasteiger charge is -2.37. The predicted octanol–water partition coefficient (Wildman–Crippen LogP) is 5.15. The second-order valence-electron chi connectivity index (χ2n) is 8.90. The van der Waals surface area contributed by atoms with Gasteiger partial charge in [0.15, 0.2) is 0 Å². The summed E-state index contributed by atoms with van der Waals surface area (Å²) in [4.78, 5) is 29.1. The van der Waals surface area contributed by atoms with Gasteiger partial charge >= 0.3 is 0 Å². The van der Waals surface area contributed by atoms with E-state index in [0.29, 0.717) is 5.91 Å². The van der Waals surface area contributed by atoms with Crippen LogP contribution >= 0.6 is 11.3 Å². The van der Waals surface area contributed by atoms with E-state index in [0.717, 1.165) is 60.2 Å². The van der Waals surface area contributed by atoms with Crippen LogP contribution in [0.25, 0.3) is 10.1 Å². The van der Waals surface area contributed by atoms with Crippen LogP contribution in [0.4, 0.5) is 0 Å². The van der Waals surface area contributed by atoms with Crippen LogP contribution in [-0.4, -0.2) is 35.3 Å². The molecule has 1 atom stereocenters. The molecule has 1 aliphatic carbocycles. The van der Waals surface area contributed by atoms with E-state index in [4.69, 9.17) is 0 Å². The molecule has 2 heterocycles. The van der Waals surface area contributed by atoms with Crippen LogP contribution in [-0.2, 0) is 11.2 Å². The molecule has 1 aromatic carbocycles. The van der Waals surface area contributed by atoms with Gasteiger partial charge in [-0.2, -0.15) is 0 Å². The smallest absolute Gasteiger partial charge is 0.261 e. The maximum atomic E-state index is 13.2. The molecule has 1 aliphatic heterocycles. The summed E-state index contributed by atoms with van der Waals surface area (Å²) >= 11 is 1.58. The number of carbonyl (C=O) groups excluding carboxylic acids is 2. The van der Waals surface area contributed by atoms with E-state index in [1.54, 1.807) is 11.3 Å². The molecule has 2 aromatic rings. The Bertz CT molecular complexity index is 882. The second-order valence-corrected chi connectivity index (χ2v) is 9.95. The summed E-state index contributed by atoms with van der Waals surface area (Å²) in [6.45, 7) is 4.86. The first-order valence-corrected chi connectivity index (χ1v) is 12.0. The van der Waals surface area contributed by atoms with Crippen molar-refractivity contribution in [3.8, 4) is 0 Å². The molecule has 0 radical (unpaired) electrons. The third-order valence-corrected chi connectivity index (χ3v) is 7.59. The van der Waals surface area contributed by atoms with Gasteiger partial charge in [-0.3, -0.25) is 9.59 Å². The number of rotatable bonds is 5. The molecule has 2 fully saturated rings. The first-order chi connectivity index (χ1) is 14.0. The van der Waals surface area contributed by atoms with Crippen LogP contribution in [0, 0.1) is 5.92 Å². The molecule has 156 valence electrons. The lowest BCUT2D eigenvalue weighted by atomic mass is 9.92. The SMILES string of the molecule is CC(C)NC(=O)c1sc2ccccc2c1CC1CCCCN1C(=O)C1CCCC1. The van der Waals surface area contributed by atoms with Crippen molar-refractivity contribution in [2.45, 2.75) is 77.3 Å². The fraction of sp³-hybridized carbons (Fsp3) is 0.583. The first-order valence-electron chi connectivity index (χ1n) is 11.2. The van der Waals surface area contributed by atoms with Gasteiger partial charge in [0.05, 0.1) is 4.88 Å². The number of nitrogens with zero attached hydrogens (tertiary/aromatic N) is 1. The molecular weight excluding hydrogens is 380 g/mol. The highest BCUT2D eigenvalue weighted by Gasteiger charge is 2.34. The molecule has 1 aromatic heterocycles. The largest absolute Gasteiger partial charge is 0.349 e. The molecule has 2 aliphatic rings. The highest BCUT2D eigenvalue weighted by molar-refractivity contribution is 7.21. The Morgan fingerprint density at radius 2 is 1.83 bits per heavy atom. The van der Waals surface area contributed by atoms with Crippen molar-refractivity contribution in [2.24, 2.45) is 5.92 Å². The van der Waals surface area contributed by atoms with E-state index >= 15 is 0 Å². The van der Waals surface area contributed by atoms with Crippen molar-refractivity contribution in [2.75, 3.05) is 6.54 Å². The minimum Gasteiger partial charge on any atom is -0.349 e. The number of hydrogen-bond donors (Lipinski definition) is 1. The Morgan fingerprint density at radius 3 is 2.59 bits per heavy atom. The number of piperidine rings is 1. The van der Waals surface area contributed by atoms with Crippen LogP contribution in [0.3, 0.4) is 0 Å². The molecule has 1 N–H and O–H groups in total. The predicted molar refractivity (Wildman–Crippen MR) is 119 cm³/mol. The number of thiophene rings is 1. The Morgan fingerprint density at radius 1 is 1.10 bits per heavy atom. The van der Waals surface area contributed by atoms with Crippen LogP contribution in [0.15, 0.2) is 24.3 Å². The third kappa shape index (κ3) is 4.35. The van der Waals surface area contributed by atoms with Gasteiger partial charge in [0, 0.05) is 29.2 Å². The van der Waals surface area contributed by atoms with Gasteiger partial charge in [0.1, 0.15) is 0 Å². The lowest BCUT2D eigenvalue weighted by molar-refractivity contribution is -0.139. The fourth-order valence-electron chi connectivity index (χ4n) is 4.96. The number of nitrogens with one attached hydrogen (secondary N) is 1. The number of likely N-dealkylation sites (tertiary alicyclic amines) is 1. The summed E-state index contributed by atoms with van der Waals surface area (Å²) in [7, 11) is 0. The molecule has 4 rings (SSSR count). The number of amides is 2. The van der Waals surface area contributed by atoms with Crippen LogP contribution < -0.4 is 5.32 Å². The topological polar surface area (TPSA) is 49.4 Å². The number of hydrogen-bond acceptors (Lipinski definition) is 3. The maximum Gasteiger partial charge on any atom is 0.261 e. The zero-order valence-corrected chi connectivity index (χ0v) is 18.4. The van der Waals surface area contributed by atoms with Gasteiger partial charge < -0.3 is 10.2 Å². The molecule has 0 bridgehead atoms. The summed E-state index contributed by atoms with van der Waals surface area (Å²) in [6.07, 6.45) is 8.54. The summed E-state index contributed by atoms with van der Waals surface area (Å²) < 4.78 is 1.15. The Hall–Kier alpha value is -1.88. The Kier molecular flexibility index (Phi) is 6.23. The molecule has 0 spiro atoms. The number of carbonyl (C=O) groups is 2. The number of fused-ring (bicyclic) bond motifs is 1. The average molecular weight is 413 g/mol. The highest BCUT2D eigenvalue weighted by Crippen LogP contribution is 2.35. The average Bonchev–Trinajstić information content (AvgIpc) is 3.36. The first kappa shape index (κ1) is 20.4. The van der Waals surface area contributed by atoms with E-state index in [2.05, 4.69) is 22.3 Å². The summed E-state index contributed by atoms with van der Waals surface area (Å²) in [5, 5.41) is 4.24. The van der Waals surface area contributed by atoms with E-state index in [1.165, 1.54) is 18.2 Å². The lowest BCUT2D eigenvalue weighted by Crippen LogP contribution is -2.47. The monoisotopic (exact) mass is 412 g/mol. The number of benzene rings is 1. The standard InChI is InChI=1S/C24H32N2O2S/c1-16(2)25-23(27)22-20(19-12-5-6-13-21(19)29-22)15-18-11-7-8-14-26(18)24(28)17-9-3-4-10-17/h5-6,12-13,16-18H,3-4,7-11,14-15H2,1-2H3,(H,25,27). The Balaban J connectivity index is 1.64. The molecule has 5 heteroatoms. The van der Waals surface area contributed by atoms with Crippen molar-refractivity contribution in [1.29, 1.82) is 0 Å². The van der Waals surface area contributed by atoms with Crippen molar-refractivity contribution < 1.29 is 9.59 Å². The minimum absolute atomic E-state index is 0.0145. The van der Waals surface area contributed by atoms with E-state index in [1.807, 2.05) is 26.0 Å². The molecular formula is C24H32N2O2S. The van der Waals surface area contributed by atoms with Gasteiger partial charge in [-0.1, -0.05) is 31.0 Å². The van der Waals surface area contributed by atoms with Crippen molar-refractivity contribution >= 4 is 33.2 Å². The molecule has 1 unspecified atom stereocenters. The Labute approximate surface area is 177 Å². The van der Waals surface area contributed by atoms with Crippen LogP contribution in [0.2, 0.25) is 0 Å². The molecule has 1 saturated heterocycles. The van der Waals surface area contributed by atoms with E-state index in [-0.39, 0.29) is 23.9 Å². The van der Waals surface area contributed by atoms with Gasteiger partial charge in [-0.15, -0.1) is 11.3 Å². The van der Waals surface area contributed by atoms with Crippen molar-refractivity contribution in [3.05, 3.63) is 34.7 Å². The quantitative estimate of drug-likeness (QED) is 0.738. The molecule has 1 saturated carbocycles. The zero-order valence-electron chi connectivity index (χ0n) is 17.6.